The Morgan fingerprint density at radius 2 is 0.969 bits per heavy atom. The number of para-hydroxylation sites is 2. The lowest BCUT2D eigenvalue weighted by Gasteiger charge is -2.65. The second-order valence-corrected chi connectivity index (χ2v) is 20.7. The first-order valence-corrected chi connectivity index (χ1v) is 24.3. The first-order chi connectivity index (χ1) is 32.0. The molecule has 16 rings (SSSR count). The normalized spacial score (nSPS) is 22.7. The van der Waals surface area contributed by atoms with E-state index in [0.717, 1.165) is 11.8 Å². The highest BCUT2D eigenvalue weighted by atomic mass is 15.2. The summed E-state index contributed by atoms with van der Waals surface area (Å²) < 4.78 is 2.48. The van der Waals surface area contributed by atoms with Crippen LogP contribution < -0.4 is 26.2 Å². The molecule has 9 aromatic rings. The molecule has 0 amide bonds. The highest BCUT2D eigenvalue weighted by molar-refractivity contribution is 7.01. The molecule has 0 N–H and O–H groups in total. The monoisotopic (exact) mass is 835 g/mol. The average Bonchev–Trinajstić information content (AvgIpc) is 3.68. The van der Waals surface area contributed by atoms with Gasteiger partial charge in [-0.25, -0.2) is 0 Å². The summed E-state index contributed by atoms with van der Waals surface area (Å²) in [6, 6.07) is 67.6. The molecule has 7 aliphatic rings. The molecule has 0 atom stereocenters. The second kappa shape index (κ2) is 13.2. The van der Waals surface area contributed by atoms with Crippen LogP contribution >= 0.6 is 0 Å². The molecule has 3 aliphatic heterocycles. The minimum atomic E-state index is 0.00676. The maximum absolute atomic E-state index is 2.69. The molecular formula is C61H50BN3. The van der Waals surface area contributed by atoms with Gasteiger partial charge in [0, 0.05) is 56.0 Å². The Balaban J connectivity index is 1.03. The van der Waals surface area contributed by atoms with Crippen LogP contribution in [0.1, 0.15) is 68.6 Å². The predicted molar refractivity (Wildman–Crippen MR) is 272 cm³/mol. The zero-order valence-corrected chi connectivity index (χ0v) is 37.1. The molecule has 0 unspecified atom stereocenters. The van der Waals surface area contributed by atoms with Crippen LogP contribution in [-0.4, -0.2) is 11.3 Å². The number of hydrogen-bond donors (Lipinski definition) is 0. The van der Waals surface area contributed by atoms with E-state index in [2.05, 4.69) is 204 Å². The molecule has 1 spiro atoms. The van der Waals surface area contributed by atoms with Crippen molar-refractivity contribution in [2.45, 2.75) is 57.3 Å². The van der Waals surface area contributed by atoms with E-state index in [0.29, 0.717) is 17.8 Å². The van der Waals surface area contributed by atoms with Crippen LogP contribution in [0, 0.1) is 23.7 Å². The fourth-order valence-electron chi connectivity index (χ4n) is 15.1. The quantitative estimate of drug-likeness (QED) is 0.160. The third-order valence-corrected chi connectivity index (χ3v) is 17.3. The van der Waals surface area contributed by atoms with Gasteiger partial charge in [0.25, 0.3) is 6.71 Å². The van der Waals surface area contributed by atoms with Gasteiger partial charge in [0.2, 0.25) is 0 Å². The lowest BCUT2D eigenvalue weighted by Crippen LogP contribution is -2.71. The summed E-state index contributed by atoms with van der Waals surface area (Å²) in [5, 5.41) is 2.58. The molecule has 4 heteroatoms. The zero-order valence-electron chi connectivity index (χ0n) is 37.1. The summed E-state index contributed by atoms with van der Waals surface area (Å²) in [4.78, 5) is 5.36. The molecule has 4 heterocycles. The number of anilines is 6. The van der Waals surface area contributed by atoms with Crippen LogP contribution in [0.25, 0.3) is 38.6 Å². The summed E-state index contributed by atoms with van der Waals surface area (Å²) in [6.07, 6.45) is 6.89. The van der Waals surface area contributed by atoms with Crippen molar-refractivity contribution in [1.82, 2.24) is 4.57 Å². The molecule has 312 valence electrons. The Labute approximate surface area is 382 Å². The molecule has 0 radical (unpaired) electrons. The molecule has 0 saturated heterocycles. The van der Waals surface area contributed by atoms with Gasteiger partial charge in [-0.3, -0.25) is 0 Å². The van der Waals surface area contributed by atoms with Gasteiger partial charge >= 0.3 is 0 Å². The Morgan fingerprint density at radius 3 is 1.57 bits per heavy atom. The van der Waals surface area contributed by atoms with E-state index in [1.54, 1.807) is 22.1 Å². The third-order valence-electron chi connectivity index (χ3n) is 17.3. The molecule has 4 fully saturated rings. The van der Waals surface area contributed by atoms with Crippen LogP contribution in [0.15, 0.2) is 176 Å². The van der Waals surface area contributed by atoms with E-state index < -0.39 is 0 Å². The Kier molecular flexibility index (Phi) is 7.40. The Bertz CT molecular complexity index is 3370. The summed E-state index contributed by atoms with van der Waals surface area (Å²) in [5.41, 5.74) is 23.2. The highest BCUT2D eigenvalue weighted by Crippen LogP contribution is 2.66. The fourth-order valence-corrected chi connectivity index (χ4v) is 15.1. The van der Waals surface area contributed by atoms with Crippen molar-refractivity contribution in [1.29, 1.82) is 0 Å². The van der Waals surface area contributed by atoms with Crippen molar-refractivity contribution >= 4 is 79.0 Å². The van der Waals surface area contributed by atoms with Crippen LogP contribution in [0.5, 0.6) is 0 Å². The number of fused-ring (bicyclic) bond motifs is 3. The van der Waals surface area contributed by atoms with E-state index in [-0.39, 0.29) is 12.1 Å². The van der Waals surface area contributed by atoms with Gasteiger partial charge in [0.05, 0.1) is 11.0 Å². The van der Waals surface area contributed by atoms with Crippen molar-refractivity contribution in [2.75, 3.05) is 9.80 Å². The minimum Gasteiger partial charge on any atom is -0.311 e. The van der Waals surface area contributed by atoms with Crippen molar-refractivity contribution in [3.63, 3.8) is 0 Å². The number of benzene rings is 8. The standard InChI is InChI=1S/C61H50BN3/c1-37(2)42-34-56-60-57(35-42)65(47-16-10-15-46(36-47)64-52-21-8-6-17-48(52)49-18-7-9-22-53(49)64)55-24-12-20-51-59(55)62(60)58-50(61(51)43-30-38-29-39(32-43)33-44(61)31-38)19-11-23-54(58)63(56)45-27-25-41(26-28-45)40-13-4-3-5-14-40/h3-28,34-39,43-44H,29-33H2,1-2H3. The van der Waals surface area contributed by atoms with Crippen molar-refractivity contribution in [3.05, 3.63) is 193 Å². The van der Waals surface area contributed by atoms with Gasteiger partial charge < -0.3 is 14.4 Å². The van der Waals surface area contributed by atoms with Gasteiger partial charge in [0.1, 0.15) is 0 Å². The minimum absolute atomic E-state index is 0.00676. The topological polar surface area (TPSA) is 11.4 Å². The van der Waals surface area contributed by atoms with Gasteiger partial charge in [-0.1, -0.05) is 123 Å². The zero-order chi connectivity index (χ0) is 42.7. The smallest absolute Gasteiger partial charge is 0.252 e. The molecule has 65 heavy (non-hydrogen) atoms. The van der Waals surface area contributed by atoms with Crippen LogP contribution in [-0.2, 0) is 5.41 Å². The van der Waals surface area contributed by atoms with Crippen molar-refractivity contribution in [2.24, 2.45) is 23.7 Å². The van der Waals surface area contributed by atoms with Gasteiger partial charge in [-0.15, -0.1) is 0 Å². The van der Waals surface area contributed by atoms with Gasteiger partial charge in [-0.2, -0.15) is 0 Å². The van der Waals surface area contributed by atoms with E-state index in [4.69, 9.17) is 0 Å². The van der Waals surface area contributed by atoms with Gasteiger partial charge in [0.15, 0.2) is 0 Å². The van der Waals surface area contributed by atoms with Crippen molar-refractivity contribution < 1.29 is 0 Å². The van der Waals surface area contributed by atoms with Crippen LogP contribution in [0.3, 0.4) is 0 Å². The number of hydrogen-bond acceptors (Lipinski definition) is 2. The van der Waals surface area contributed by atoms with E-state index in [1.807, 2.05) is 0 Å². The second-order valence-electron chi connectivity index (χ2n) is 20.7. The number of nitrogens with zero attached hydrogens (tertiary/aromatic N) is 3. The Morgan fingerprint density at radius 1 is 0.446 bits per heavy atom. The summed E-state index contributed by atoms with van der Waals surface area (Å²) >= 11 is 0. The maximum atomic E-state index is 2.69. The molecule has 4 bridgehead atoms. The first-order valence-electron chi connectivity index (χ1n) is 24.3. The first kappa shape index (κ1) is 36.6. The van der Waals surface area contributed by atoms with Crippen LogP contribution in [0.4, 0.5) is 34.1 Å². The van der Waals surface area contributed by atoms with Crippen molar-refractivity contribution in [3.8, 4) is 16.8 Å². The van der Waals surface area contributed by atoms with E-state index in [1.165, 1.54) is 116 Å². The summed E-state index contributed by atoms with van der Waals surface area (Å²) in [6.45, 7) is 4.88. The largest absolute Gasteiger partial charge is 0.311 e. The number of rotatable bonds is 5. The molecule has 1 aromatic heterocycles. The van der Waals surface area contributed by atoms with E-state index in [9.17, 15) is 0 Å². The molecule has 4 saturated carbocycles. The van der Waals surface area contributed by atoms with Gasteiger partial charge in [-0.05, 0) is 173 Å². The SMILES string of the molecule is CC(C)c1cc2c3c(c1)N(c1cccc(-n4c5ccccc5c5ccccc54)c1)c1cccc4c1B3c1c(cccc1C41C3CC4CC(C3)CC1C4)N2c1ccc(-c2ccccc2)cc1. The number of aromatic nitrogens is 1. The molecule has 4 aliphatic carbocycles. The van der Waals surface area contributed by atoms with E-state index >= 15 is 0 Å². The predicted octanol–water partition coefficient (Wildman–Crippen LogP) is 13.7. The van der Waals surface area contributed by atoms with Crippen LogP contribution in [0.2, 0.25) is 0 Å². The molecular weight excluding hydrogens is 786 g/mol. The fraction of sp³-hybridized carbons (Fsp3) is 0.213. The lowest BCUT2D eigenvalue weighted by atomic mass is 9.25. The summed E-state index contributed by atoms with van der Waals surface area (Å²) in [7, 11) is 0. The average molecular weight is 836 g/mol. The maximum Gasteiger partial charge on any atom is 0.252 e. The Hall–Kier alpha value is -6.78. The summed E-state index contributed by atoms with van der Waals surface area (Å²) in [5.74, 6) is 3.42. The third kappa shape index (κ3) is 4.77. The molecule has 8 aromatic carbocycles. The molecule has 3 nitrogen and oxygen atoms in total. The lowest BCUT2D eigenvalue weighted by molar-refractivity contribution is -0.0412. The highest BCUT2D eigenvalue weighted by Gasteiger charge is 2.63.